The van der Waals surface area contributed by atoms with Crippen LogP contribution in [0.5, 0.6) is 0 Å². The quantitative estimate of drug-likeness (QED) is 0.792. The van der Waals surface area contributed by atoms with E-state index < -0.39 is 0 Å². The van der Waals surface area contributed by atoms with Gasteiger partial charge in [0.15, 0.2) is 0 Å². The molecule has 2 aromatic heterocycles. The van der Waals surface area contributed by atoms with E-state index in [0.29, 0.717) is 6.54 Å². The smallest absolute Gasteiger partial charge is 0.129 e. The molecule has 5 heteroatoms. The lowest BCUT2D eigenvalue weighted by Crippen LogP contribution is -2.02. The number of hydrogen-bond donors (Lipinski definition) is 1. The highest BCUT2D eigenvalue weighted by Crippen LogP contribution is 2.04. The van der Waals surface area contributed by atoms with Gasteiger partial charge in [0.25, 0.3) is 0 Å². The molecule has 0 saturated carbocycles. The molecule has 0 fully saturated rings. The summed E-state index contributed by atoms with van der Waals surface area (Å²) in [7, 11) is 0. The van der Waals surface area contributed by atoms with Crippen molar-refractivity contribution < 1.29 is 4.52 Å². The van der Waals surface area contributed by atoms with E-state index in [1.54, 1.807) is 12.3 Å². The van der Waals surface area contributed by atoms with Gasteiger partial charge >= 0.3 is 0 Å². The molecule has 0 aliphatic heterocycles. The van der Waals surface area contributed by atoms with Crippen LogP contribution in [0.4, 0.5) is 5.82 Å². The van der Waals surface area contributed by atoms with Crippen molar-refractivity contribution in [1.82, 2.24) is 15.1 Å². The Bertz CT molecular complexity index is 399. The minimum Gasteiger partial charge on any atom is -0.364 e. The van der Waals surface area contributed by atoms with Crippen molar-refractivity contribution in [2.24, 2.45) is 0 Å². The molecule has 5 nitrogen and oxygen atoms in total. The third-order valence-electron chi connectivity index (χ3n) is 1.75. The second kappa shape index (κ2) is 3.87. The highest BCUT2D eigenvalue weighted by atomic mass is 16.5. The number of nitrogens with one attached hydrogen (secondary N) is 1. The molecule has 2 heterocycles. The first-order chi connectivity index (χ1) is 6.84. The summed E-state index contributed by atoms with van der Waals surface area (Å²) in [5.41, 5.74) is 1.78. The first-order valence-electron chi connectivity index (χ1n) is 4.26. The first kappa shape index (κ1) is 8.68. The predicted octanol–water partition coefficient (Wildman–Crippen LogP) is 1.39. The molecule has 0 atom stereocenters. The van der Waals surface area contributed by atoms with Crippen LogP contribution in [0.15, 0.2) is 29.2 Å². The summed E-state index contributed by atoms with van der Waals surface area (Å²) < 4.78 is 4.70. The van der Waals surface area contributed by atoms with E-state index in [4.69, 9.17) is 4.52 Å². The standard InChI is InChI=1S/C9H10N4O/c1-7-4-9(12-6-11-7)10-5-8-2-3-14-13-8/h2-4,6H,5H2,1H3,(H,10,11,12). The van der Waals surface area contributed by atoms with Gasteiger partial charge in [-0.1, -0.05) is 5.16 Å². The van der Waals surface area contributed by atoms with Gasteiger partial charge in [-0.05, 0) is 6.92 Å². The summed E-state index contributed by atoms with van der Waals surface area (Å²) in [6, 6.07) is 3.68. The predicted molar refractivity (Wildman–Crippen MR) is 50.6 cm³/mol. The molecule has 0 aliphatic carbocycles. The summed E-state index contributed by atoms with van der Waals surface area (Å²) >= 11 is 0. The number of rotatable bonds is 3. The molecule has 0 aliphatic rings. The van der Waals surface area contributed by atoms with Crippen LogP contribution in [0, 0.1) is 6.92 Å². The Morgan fingerprint density at radius 1 is 1.43 bits per heavy atom. The lowest BCUT2D eigenvalue weighted by molar-refractivity contribution is 0.412. The van der Waals surface area contributed by atoms with Gasteiger partial charge in [-0.2, -0.15) is 0 Å². The molecule has 2 rings (SSSR count). The van der Waals surface area contributed by atoms with Crippen molar-refractivity contribution in [2.45, 2.75) is 13.5 Å². The lowest BCUT2D eigenvalue weighted by Gasteiger charge is -2.02. The molecule has 2 aromatic rings. The fraction of sp³-hybridized carbons (Fsp3) is 0.222. The summed E-state index contributed by atoms with van der Waals surface area (Å²) in [6.45, 7) is 2.52. The zero-order chi connectivity index (χ0) is 9.80. The van der Waals surface area contributed by atoms with E-state index in [1.165, 1.54) is 6.33 Å². The molecule has 72 valence electrons. The van der Waals surface area contributed by atoms with Crippen molar-refractivity contribution in [3.63, 3.8) is 0 Å². The Labute approximate surface area is 81.2 Å². The molecule has 0 aromatic carbocycles. The molecule has 0 spiro atoms. The van der Waals surface area contributed by atoms with E-state index in [9.17, 15) is 0 Å². The minimum absolute atomic E-state index is 0.604. The van der Waals surface area contributed by atoms with E-state index in [1.807, 2.05) is 13.0 Å². The van der Waals surface area contributed by atoms with E-state index in [0.717, 1.165) is 17.2 Å². The first-order valence-corrected chi connectivity index (χ1v) is 4.26. The number of hydrogen-bond acceptors (Lipinski definition) is 5. The second-order valence-corrected chi connectivity index (χ2v) is 2.89. The summed E-state index contributed by atoms with van der Waals surface area (Å²) in [5, 5.41) is 6.89. The monoisotopic (exact) mass is 190 g/mol. The van der Waals surface area contributed by atoms with Crippen molar-refractivity contribution in [3.8, 4) is 0 Å². The fourth-order valence-corrected chi connectivity index (χ4v) is 1.06. The van der Waals surface area contributed by atoms with Crippen molar-refractivity contribution in [2.75, 3.05) is 5.32 Å². The van der Waals surface area contributed by atoms with Crippen LogP contribution in [-0.2, 0) is 6.54 Å². The Kier molecular flexibility index (Phi) is 2.40. The number of aromatic nitrogens is 3. The average molecular weight is 190 g/mol. The Morgan fingerprint density at radius 3 is 3.07 bits per heavy atom. The maximum atomic E-state index is 4.70. The Balaban J connectivity index is 1.98. The topological polar surface area (TPSA) is 63.8 Å². The zero-order valence-corrected chi connectivity index (χ0v) is 7.77. The third-order valence-corrected chi connectivity index (χ3v) is 1.75. The average Bonchev–Trinajstić information content (AvgIpc) is 2.67. The van der Waals surface area contributed by atoms with Crippen LogP contribution < -0.4 is 5.32 Å². The van der Waals surface area contributed by atoms with Crippen LogP contribution in [0.25, 0.3) is 0 Å². The van der Waals surface area contributed by atoms with E-state index in [-0.39, 0.29) is 0 Å². The summed E-state index contributed by atoms with van der Waals surface area (Å²) in [5.74, 6) is 0.792. The number of nitrogens with zero attached hydrogens (tertiary/aromatic N) is 3. The molecule has 0 amide bonds. The highest BCUT2D eigenvalue weighted by molar-refractivity contribution is 5.34. The second-order valence-electron chi connectivity index (χ2n) is 2.89. The molecular weight excluding hydrogens is 180 g/mol. The van der Waals surface area contributed by atoms with Crippen molar-refractivity contribution >= 4 is 5.82 Å². The van der Waals surface area contributed by atoms with Crippen LogP contribution in [0.2, 0.25) is 0 Å². The molecule has 0 radical (unpaired) electrons. The number of aryl methyl sites for hydroxylation is 1. The maximum absolute atomic E-state index is 4.70. The highest BCUT2D eigenvalue weighted by Gasteiger charge is 1.97. The van der Waals surface area contributed by atoms with Crippen LogP contribution in [0.1, 0.15) is 11.4 Å². The van der Waals surface area contributed by atoms with E-state index in [2.05, 4.69) is 20.4 Å². The van der Waals surface area contributed by atoms with Gasteiger partial charge in [-0.3, -0.25) is 0 Å². The fourth-order valence-electron chi connectivity index (χ4n) is 1.06. The van der Waals surface area contributed by atoms with Gasteiger partial charge in [0.2, 0.25) is 0 Å². The lowest BCUT2D eigenvalue weighted by atomic mass is 10.4. The van der Waals surface area contributed by atoms with Crippen LogP contribution in [-0.4, -0.2) is 15.1 Å². The van der Waals surface area contributed by atoms with Gasteiger partial charge in [0.1, 0.15) is 24.1 Å². The van der Waals surface area contributed by atoms with Gasteiger partial charge in [-0.25, -0.2) is 9.97 Å². The molecule has 1 N–H and O–H groups in total. The molecule has 0 saturated heterocycles. The third kappa shape index (κ3) is 2.07. The van der Waals surface area contributed by atoms with Gasteiger partial charge < -0.3 is 9.84 Å². The maximum Gasteiger partial charge on any atom is 0.129 e. The molecule has 0 bridgehead atoms. The SMILES string of the molecule is Cc1cc(NCc2ccon2)ncn1. The van der Waals surface area contributed by atoms with Crippen LogP contribution in [0.3, 0.4) is 0 Å². The van der Waals surface area contributed by atoms with Crippen LogP contribution >= 0.6 is 0 Å². The van der Waals surface area contributed by atoms with Gasteiger partial charge in [0.05, 0.1) is 6.54 Å². The zero-order valence-electron chi connectivity index (χ0n) is 7.77. The number of anilines is 1. The molecule has 0 unspecified atom stereocenters. The van der Waals surface area contributed by atoms with Gasteiger partial charge in [0, 0.05) is 17.8 Å². The van der Waals surface area contributed by atoms with E-state index >= 15 is 0 Å². The van der Waals surface area contributed by atoms with Gasteiger partial charge in [-0.15, -0.1) is 0 Å². The largest absolute Gasteiger partial charge is 0.364 e. The summed E-state index contributed by atoms with van der Waals surface area (Å²) in [6.07, 6.45) is 3.07. The molecule has 14 heavy (non-hydrogen) atoms. The normalized spacial score (nSPS) is 10.1. The minimum atomic E-state index is 0.604. The van der Waals surface area contributed by atoms with Crippen molar-refractivity contribution in [3.05, 3.63) is 36.1 Å². The van der Waals surface area contributed by atoms with Crippen molar-refractivity contribution in [1.29, 1.82) is 0 Å². The Hall–Kier alpha value is -1.91. The Morgan fingerprint density at radius 2 is 2.36 bits per heavy atom. The molecular formula is C9H10N4O. The summed E-state index contributed by atoms with van der Waals surface area (Å²) in [4.78, 5) is 8.06.